The minimum atomic E-state index is 0.308. The molecule has 1 aliphatic carbocycles. The molecule has 0 aromatic carbocycles. The molecule has 2 heteroatoms. The minimum Gasteiger partial charge on any atom is -0.396 e. The fraction of sp³-hybridized carbons (Fsp3) is 1.00. The predicted octanol–water partition coefficient (Wildman–Crippen LogP) is 1.13. The Morgan fingerprint density at radius 2 is 2.18 bits per heavy atom. The standard InChI is InChI=1S/C9H19NO/c1-8(3-6-11)9(7-10)4-2-5-9/h8,11H,2-7,10H2,1H3/t8-/m0/s1. The van der Waals surface area contributed by atoms with E-state index < -0.39 is 0 Å². The van der Waals surface area contributed by atoms with Crippen molar-refractivity contribution in [3.8, 4) is 0 Å². The van der Waals surface area contributed by atoms with Crippen LogP contribution in [0, 0.1) is 11.3 Å². The van der Waals surface area contributed by atoms with E-state index in [1.54, 1.807) is 0 Å². The fourth-order valence-electron chi connectivity index (χ4n) is 2.03. The molecule has 1 fully saturated rings. The van der Waals surface area contributed by atoms with Gasteiger partial charge in [-0.1, -0.05) is 13.3 Å². The molecule has 2 nitrogen and oxygen atoms in total. The molecule has 0 saturated heterocycles. The molecule has 1 saturated carbocycles. The largest absolute Gasteiger partial charge is 0.396 e. The lowest BCUT2D eigenvalue weighted by molar-refractivity contribution is 0.0527. The third-order valence-electron chi connectivity index (χ3n) is 3.36. The van der Waals surface area contributed by atoms with Crippen LogP contribution in [0.5, 0.6) is 0 Å². The van der Waals surface area contributed by atoms with Gasteiger partial charge in [0.25, 0.3) is 0 Å². The number of rotatable bonds is 4. The van der Waals surface area contributed by atoms with E-state index in [1.807, 2.05) is 0 Å². The van der Waals surface area contributed by atoms with Crippen molar-refractivity contribution >= 4 is 0 Å². The molecule has 1 atom stereocenters. The quantitative estimate of drug-likeness (QED) is 0.642. The summed E-state index contributed by atoms with van der Waals surface area (Å²) in [5, 5.41) is 8.77. The smallest absolute Gasteiger partial charge is 0.0433 e. The van der Waals surface area contributed by atoms with Crippen LogP contribution in [0.1, 0.15) is 32.6 Å². The second kappa shape index (κ2) is 3.55. The molecule has 0 unspecified atom stereocenters. The van der Waals surface area contributed by atoms with Crippen molar-refractivity contribution in [1.29, 1.82) is 0 Å². The van der Waals surface area contributed by atoms with E-state index in [1.165, 1.54) is 19.3 Å². The van der Waals surface area contributed by atoms with Crippen molar-refractivity contribution in [1.82, 2.24) is 0 Å². The van der Waals surface area contributed by atoms with Gasteiger partial charge in [-0.2, -0.15) is 0 Å². The van der Waals surface area contributed by atoms with Crippen LogP contribution in [0.3, 0.4) is 0 Å². The Labute approximate surface area is 68.8 Å². The second-order valence-corrected chi connectivity index (χ2v) is 3.83. The average Bonchev–Trinajstić information content (AvgIpc) is 1.87. The lowest BCUT2D eigenvalue weighted by atomic mass is 9.61. The van der Waals surface area contributed by atoms with Gasteiger partial charge in [-0.25, -0.2) is 0 Å². The summed E-state index contributed by atoms with van der Waals surface area (Å²) in [7, 11) is 0. The van der Waals surface area contributed by atoms with Gasteiger partial charge in [-0.3, -0.25) is 0 Å². The Hall–Kier alpha value is -0.0800. The van der Waals surface area contributed by atoms with E-state index in [2.05, 4.69) is 6.92 Å². The van der Waals surface area contributed by atoms with Crippen LogP contribution in [0.25, 0.3) is 0 Å². The number of hydrogen-bond donors (Lipinski definition) is 2. The topological polar surface area (TPSA) is 46.2 Å². The fourth-order valence-corrected chi connectivity index (χ4v) is 2.03. The van der Waals surface area contributed by atoms with E-state index in [-0.39, 0.29) is 0 Å². The first-order valence-electron chi connectivity index (χ1n) is 4.56. The molecule has 1 rings (SSSR count). The van der Waals surface area contributed by atoms with Gasteiger partial charge in [-0.15, -0.1) is 0 Å². The van der Waals surface area contributed by atoms with E-state index in [0.29, 0.717) is 17.9 Å². The highest BCUT2D eigenvalue weighted by molar-refractivity contribution is 4.92. The van der Waals surface area contributed by atoms with Crippen LogP contribution in [0.2, 0.25) is 0 Å². The zero-order valence-electron chi connectivity index (χ0n) is 7.34. The van der Waals surface area contributed by atoms with Crippen molar-refractivity contribution in [2.24, 2.45) is 17.1 Å². The third kappa shape index (κ3) is 1.57. The lowest BCUT2D eigenvalue weighted by Gasteiger charge is -2.46. The highest BCUT2D eigenvalue weighted by Gasteiger charge is 2.39. The summed E-state index contributed by atoms with van der Waals surface area (Å²) >= 11 is 0. The predicted molar refractivity (Wildman–Crippen MR) is 46.2 cm³/mol. The van der Waals surface area contributed by atoms with E-state index in [4.69, 9.17) is 10.8 Å². The first-order chi connectivity index (χ1) is 5.25. The molecule has 0 aliphatic heterocycles. The summed E-state index contributed by atoms with van der Waals surface area (Å²) in [6.07, 6.45) is 4.78. The van der Waals surface area contributed by atoms with Gasteiger partial charge >= 0.3 is 0 Å². The number of aliphatic hydroxyl groups excluding tert-OH is 1. The summed E-state index contributed by atoms with van der Waals surface area (Å²) in [4.78, 5) is 0. The van der Waals surface area contributed by atoms with Crippen LogP contribution in [0.4, 0.5) is 0 Å². The van der Waals surface area contributed by atoms with Gasteiger partial charge in [0.2, 0.25) is 0 Å². The molecular weight excluding hydrogens is 138 g/mol. The molecule has 3 N–H and O–H groups in total. The Balaban J connectivity index is 2.40. The lowest BCUT2D eigenvalue weighted by Crippen LogP contribution is -2.43. The van der Waals surface area contributed by atoms with E-state index in [0.717, 1.165) is 13.0 Å². The molecule has 0 amide bonds. The minimum absolute atomic E-state index is 0.308. The molecule has 1 aliphatic rings. The van der Waals surface area contributed by atoms with E-state index >= 15 is 0 Å². The molecule has 66 valence electrons. The van der Waals surface area contributed by atoms with Gasteiger partial charge in [0.05, 0.1) is 0 Å². The molecule has 0 spiro atoms. The summed E-state index contributed by atoms with van der Waals surface area (Å²) in [6, 6.07) is 0. The molecule has 0 aromatic heterocycles. The normalized spacial score (nSPS) is 24.3. The maximum absolute atomic E-state index is 8.77. The zero-order valence-corrected chi connectivity index (χ0v) is 7.34. The van der Waals surface area contributed by atoms with Crippen LogP contribution >= 0.6 is 0 Å². The van der Waals surface area contributed by atoms with Crippen molar-refractivity contribution in [3.05, 3.63) is 0 Å². The molecule has 0 aromatic rings. The summed E-state index contributed by atoms with van der Waals surface area (Å²) in [5.74, 6) is 0.603. The van der Waals surface area contributed by atoms with E-state index in [9.17, 15) is 0 Å². The highest BCUT2D eigenvalue weighted by Crippen LogP contribution is 2.47. The zero-order chi connectivity index (χ0) is 8.32. The SMILES string of the molecule is C[C@@H](CCO)C1(CN)CCC1. The Morgan fingerprint density at radius 3 is 2.45 bits per heavy atom. The first-order valence-corrected chi connectivity index (χ1v) is 4.56. The summed E-state index contributed by atoms with van der Waals surface area (Å²) in [5.41, 5.74) is 6.11. The maximum Gasteiger partial charge on any atom is 0.0433 e. The molecular formula is C9H19NO. The third-order valence-corrected chi connectivity index (χ3v) is 3.36. The summed E-state index contributed by atoms with van der Waals surface area (Å²) in [6.45, 7) is 3.32. The number of aliphatic hydroxyl groups is 1. The van der Waals surface area contributed by atoms with Crippen LogP contribution < -0.4 is 5.73 Å². The van der Waals surface area contributed by atoms with Crippen LogP contribution in [-0.4, -0.2) is 18.3 Å². The average molecular weight is 157 g/mol. The monoisotopic (exact) mass is 157 g/mol. The van der Waals surface area contributed by atoms with Crippen molar-refractivity contribution in [2.75, 3.05) is 13.2 Å². The van der Waals surface area contributed by atoms with Crippen molar-refractivity contribution in [3.63, 3.8) is 0 Å². The maximum atomic E-state index is 8.77. The molecule has 0 radical (unpaired) electrons. The summed E-state index contributed by atoms with van der Waals surface area (Å²) < 4.78 is 0. The first kappa shape index (κ1) is 9.01. The Kier molecular flexibility index (Phi) is 2.90. The molecule has 11 heavy (non-hydrogen) atoms. The highest BCUT2D eigenvalue weighted by atomic mass is 16.3. The Bertz CT molecular complexity index is 115. The molecule has 0 heterocycles. The van der Waals surface area contributed by atoms with Gasteiger partial charge in [0.15, 0.2) is 0 Å². The van der Waals surface area contributed by atoms with Crippen LogP contribution in [0.15, 0.2) is 0 Å². The van der Waals surface area contributed by atoms with Gasteiger partial charge in [0.1, 0.15) is 0 Å². The second-order valence-electron chi connectivity index (χ2n) is 3.83. The number of hydrogen-bond acceptors (Lipinski definition) is 2. The van der Waals surface area contributed by atoms with Crippen LogP contribution in [-0.2, 0) is 0 Å². The van der Waals surface area contributed by atoms with Crippen molar-refractivity contribution in [2.45, 2.75) is 32.6 Å². The molecule has 0 bridgehead atoms. The van der Waals surface area contributed by atoms with Gasteiger partial charge in [-0.05, 0) is 37.1 Å². The number of nitrogens with two attached hydrogens (primary N) is 1. The van der Waals surface area contributed by atoms with Crippen molar-refractivity contribution < 1.29 is 5.11 Å². The van der Waals surface area contributed by atoms with Gasteiger partial charge in [0, 0.05) is 6.61 Å². The Morgan fingerprint density at radius 1 is 1.55 bits per heavy atom. The van der Waals surface area contributed by atoms with Gasteiger partial charge < -0.3 is 10.8 Å².